The molecule has 1 heterocycles. The van der Waals surface area contributed by atoms with Gasteiger partial charge >= 0.3 is 0 Å². The Morgan fingerprint density at radius 2 is 1.86 bits per heavy atom. The minimum Gasteiger partial charge on any atom is -0.497 e. The average Bonchev–Trinajstić information content (AvgIpc) is 2.73. The summed E-state index contributed by atoms with van der Waals surface area (Å²) in [6.07, 6.45) is 1.75. The third kappa shape index (κ3) is 6.65. The van der Waals surface area contributed by atoms with Crippen LogP contribution in [0, 0.1) is 5.92 Å². The van der Waals surface area contributed by atoms with Gasteiger partial charge in [-0.25, -0.2) is 0 Å². The molecule has 0 aliphatic carbocycles. The molecule has 0 bridgehead atoms. The third-order valence-corrected chi connectivity index (χ3v) is 5.44. The van der Waals surface area contributed by atoms with E-state index in [9.17, 15) is 4.79 Å². The van der Waals surface area contributed by atoms with Crippen LogP contribution in [0.25, 0.3) is 0 Å². The summed E-state index contributed by atoms with van der Waals surface area (Å²) in [6.45, 7) is 5.12. The van der Waals surface area contributed by atoms with Crippen LogP contribution in [0.5, 0.6) is 11.5 Å². The highest BCUT2D eigenvalue weighted by atomic mass is 35.5. The van der Waals surface area contributed by atoms with Gasteiger partial charge in [-0.05, 0) is 74.8 Å². The Labute approximate surface area is 177 Å². The van der Waals surface area contributed by atoms with Crippen molar-refractivity contribution in [3.05, 3.63) is 59.1 Å². The van der Waals surface area contributed by atoms with Crippen LogP contribution >= 0.6 is 11.6 Å². The Morgan fingerprint density at radius 1 is 1.17 bits per heavy atom. The van der Waals surface area contributed by atoms with Crippen molar-refractivity contribution in [1.29, 1.82) is 0 Å². The number of carbonyl (C=O) groups excluding carboxylic acids is 1. The second kappa shape index (κ2) is 10.5. The lowest BCUT2D eigenvalue weighted by Gasteiger charge is -2.32. The van der Waals surface area contributed by atoms with Gasteiger partial charge in [-0.3, -0.25) is 9.69 Å². The molecule has 0 aromatic heterocycles. The highest BCUT2D eigenvalue weighted by Crippen LogP contribution is 2.21. The number of hydrogen-bond acceptors (Lipinski definition) is 4. The quantitative estimate of drug-likeness (QED) is 0.702. The number of benzene rings is 2. The number of likely N-dealkylation sites (tertiary alicyclic amines) is 1. The molecule has 1 aliphatic rings. The maximum atomic E-state index is 12.6. The van der Waals surface area contributed by atoms with Gasteiger partial charge in [0.15, 0.2) is 0 Å². The molecule has 2 aromatic rings. The number of nitrogens with zero attached hydrogens (tertiary/aromatic N) is 1. The Balaban J connectivity index is 1.38. The Hall–Kier alpha value is -2.24. The topological polar surface area (TPSA) is 50.8 Å². The summed E-state index contributed by atoms with van der Waals surface area (Å²) in [5.74, 6) is 1.74. The van der Waals surface area contributed by atoms with Crippen molar-refractivity contribution < 1.29 is 14.3 Å². The molecule has 156 valence electrons. The summed E-state index contributed by atoms with van der Waals surface area (Å²) in [7, 11) is 1.63. The van der Waals surface area contributed by atoms with Gasteiger partial charge < -0.3 is 14.8 Å². The predicted octanol–water partition coefficient (Wildman–Crippen LogP) is 4.14. The lowest BCUT2D eigenvalue weighted by atomic mass is 9.95. The van der Waals surface area contributed by atoms with Crippen LogP contribution in [0.2, 0.25) is 5.02 Å². The minimum absolute atomic E-state index is 0.0471. The number of carbonyl (C=O) groups is 1. The molecular weight excluding hydrogens is 388 g/mol. The Bertz CT molecular complexity index is 789. The number of nitrogens with one attached hydrogen (secondary N) is 1. The van der Waals surface area contributed by atoms with Gasteiger partial charge in [-0.15, -0.1) is 0 Å². The SMILES string of the molecule is COc1ccc(OC[C@H](C)NC(=O)C2CCN(Cc3cccc(Cl)c3)CC2)cc1. The monoisotopic (exact) mass is 416 g/mol. The summed E-state index contributed by atoms with van der Waals surface area (Å²) in [5, 5.41) is 3.86. The summed E-state index contributed by atoms with van der Waals surface area (Å²) in [6, 6.07) is 15.4. The first kappa shape index (κ1) is 21.5. The zero-order valence-electron chi connectivity index (χ0n) is 17.1. The molecule has 0 saturated carbocycles. The number of rotatable bonds is 8. The van der Waals surface area contributed by atoms with Crippen LogP contribution in [-0.4, -0.2) is 43.7 Å². The minimum atomic E-state index is -0.0471. The molecule has 6 heteroatoms. The van der Waals surface area contributed by atoms with E-state index in [2.05, 4.69) is 16.3 Å². The first-order valence-corrected chi connectivity index (χ1v) is 10.5. The van der Waals surface area contributed by atoms with E-state index < -0.39 is 0 Å². The number of amides is 1. The maximum absolute atomic E-state index is 12.6. The summed E-state index contributed by atoms with van der Waals surface area (Å²) < 4.78 is 10.9. The number of hydrogen-bond donors (Lipinski definition) is 1. The molecule has 1 atom stereocenters. The van der Waals surface area contributed by atoms with E-state index >= 15 is 0 Å². The fourth-order valence-corrected chi connectivity index (χ4v) is 3.76. The van der Waals surface area contributed by atoms with Crippen molar-refractivity contribution in [3.63, 3.8) is 0 Å². The van der Waals surface area contributed by atoms with Crippen molar-refractivity contribution in [2.24, 2.45) is 5.92 Å². The molecule has 1 fully saturated rings. The lowest BCUT2D eigenvalue weighted by molar-refractivity contribution is -0.127. The normalized spacial score (nSPS) is 16.2. The zero-order valence-corrected chi connectivity index (χ0v) is 17.8. The highest BCUT2D eigenvalue weighted by Gasteiger charge is 2.25. The molecule has 2 aromatic carbocycles. The molecule has 0 spiro atoms. The van der Waals surface area contributed by atoms with Crippen LogP contribution in [0.4, 0.5) is 0 Å². The fourth-order valence-electron chi connectivity index (χ4n) is 3.54. The average molecular weight is 417 g/mol. The fraction of sp³-hybridized carbons (Fsp3) is 0.435. The molecule has 0 radical (unpaired) electrons. The van der Waals surface area contributed by atoms with Gasteiger partial charge in [0, 0.05) is 17.5 Å². The van der Waals surface area contributed by atoms with E-state index in [1.165, 1.54) is 5.56 Å². The zero-order chi connectivity index (χ0) is 20.6. The lowest BCUT2D eigenvalue weighted by Crippen LogP contribution is -2.44. The van der Waals surface area contributed by atoms with Crippen molar-refractivity contribution in [3.8, 4) is 11.5 Å². The van der Waals surface area contributed by atoms with E-state index in [-0.39, 0.29) is 17.9 Å². The first-order chi connectivity index (χ1) is 14.0. The first-order valence-electron chi connectivity index (χ1n) is 10.1. The predicted molar refractivity (Wildman–Crippen MR) is 116 cm³/mol. The van der Waals surface area contributed by atoms with Crippen LogP contribution in [0.3, 0.4) is 0 Å². The van der Waals surface area contributed by atoms with E-state index in [0.29, 0.717) is 6.61 Å². The third-order valence-electron chi connectivity index (χ3n) is 5.20. The highest BCUT2D eigenvalue weighted by molar-refractivity contribution is 6.30. The molecule has 0 unspecified atom stereocenters. The molecule has 3 rings (SSSR count). The summed E-state index contributed by atoms with van der Waals surface area (Å²) >= 11 is 6.07. The molecule has 1 amide bonds. The Morgan fingerprint density at radius 3 is 2.52 bits per heavy atom. The maximum Gasteiger partial charge on any atom is 0.223 e. The number of methoxy groups -OCH3 is 1. The van der Waals surface area contributed by atoms with Crippen LogP contribution in [0.1, 0.15) is 25.3 Å². The van der Waals surface area contributed by atoms with E-state index in [1.54, 1.807) is 7.11 Å². The van der Waals surface area contributed by atoms with E-state index in [1.807, 2.05) is 49.4 Å². The molecular formula is C23H29ClN2O3. The number of piperidine rings is 1. The largest absolute Gasteiger partial charge is 0.497 e. The second-order valence-electron chi connectivity index (χ2n) is 7.58. The van der Waals surface area contributed by atoms with E-state index in [4.69, 9.17) is 21.1 Å². The van der Waals surface area contributed by atoms with Crippen LogP contribution < -0.4 is 14.8 Å². The van der Waals surface area contributed by atoms with Gasteiger partial charge in [0.05, 0.1) is 13.2 Å². The van der Waals surface area contributed by atoms with Crippen molar-refractivity contribution in [1.82, 2.24) is 10.2 Å². The Kier molecular flexibility index (Phi) is 7.78. The van der Waals surface area contributed by atoms with Gasteiger partial charge in [0.2, 0.25) is 5.91 Å². The van der Waals surface area contributed by atoms with Crippen molar-refractivity contribution in [2.45, 2.75) is 32.4 Å². The summed E-state index contributed by atoms with van der Waals surface area (Å²) in [5.41, 5.74) is 1.21. The molecule has 1 N–H and O–H groups in total. The van der Waals surface area contributed by atoms with Gasteiger partial charge in [-0.2, -0.15) is 0 Å². The van der Waals surface area contributed by atoms with Crippen molar-refractivity contribution >= 4 is 17.5 Å². The van der Waals surface area contributed by atoms with Crippen LogP contribution in [-0.2, 0) is 11.3 Å². The molecule has 1 saturated heterocycles. The molecule has 5 nitrogen and oxygen atoms in total. The van der Waals surface area contributed by atoms with Crippen molar-refractivity contribution in [2.75, 3.05) is 26.8 Å². The van der Waals surface area contributed by atoms with Gasteiger partial charge in [0.1, 0.15) is 18.1 Å². The van der Waals surface area contributed by atoms with Crippen LogP contribution in [0.15, 0.2) is 48.5 Å². The smallest absolute Gasteiger partial charge is 0.223 e. The van der Waals surface area contributed by atoms with E-state index in [0.717, 1.165) is 49.0 Å². The molecule has 29 heavy (non-hydrogen) atoms. The summed E-state index contributed by atoms with van der Waals surface area (Å²) in [4.78, 5) is 15.0. The van der Waals surface area contributed by atoms with Gasteiger partial charge in [0.25, 0.3) is 0 Å². The molecule has 1 aliphatic heterocycles. The number of ether oxygens (including phenoxy) is 2. The second-order valence-corrected chi connectivity index (χ2v) is 8.01. The van der Waals surface area contributed by atoms with Gasteiger partial charge in [-0.1, -0.05) is 23.7 Å². The standard InChI is InChI=1S/C23H29ClN2O3/c1-17(16-29-22-8-6-21(28-2)7-9-22)25-23(27)19-10-12-26(13-11-19)15-18-4-3-5-20(24)14-18/h3-9,14,17,19H,10-13,15-16H2,1-2H3,(H,25,27)/t17-/m0/s1. The number of halogens is 1.